The zero-order chi connectivity index (χ0) is 13.8. The van der Waals surface area contributed by atoms with Gasteiger partial charge in [0.25, 0.3) is 0 Å². The fraction of sp³-hybridized carbons (Fsp3) is 0.600. The number of aromatic nitrogens is 3. The first-order chi connectivity index (χ1) is 8.41. The van der Waals surface area contributed by atoms with E-state index in [4.69, 9.17) is 21.4 Å². The van der Waals surface area contributed by atoms with E-state index in [1.54, 1.807) is 13.8 Å². The summed E-state index contributed by atoms with van der Waals surface area (Å²) in [5.41, 5.74) is -0.896. The third-order valence-electron chi connectivity index (χ3n) is 2.70. The molecule has 18 heavy (non-hydrogen) atoms. The second-order valence-corrected chi connectivity index (χ2v) is 4.33. The molecule has 8 heteroatoms. The minimum atomic E-state index is -0.896. The van der Waals surface area contributed by atoms with Crippen molar-refractivity contribution in [3.05, 3.63) is 5.28 Å². The molecule has 1 atom stereocenters. The van der Waals surface area contributed by atoms with Gasteiger partial charge in [-0.2, -0.15) is 15.0 Å². The van der Waals surface area contributed by atoms with Gasteiger partial charge in [-0.1, -0.05) is 6.92 Å². The van der Waals surface area contributed by atoms with Crippen LogP contribution in [-0.4, -0.2) is 39.7 Å². The molecule has 0 radical (unpaired) electrons. The van der Waals surface area contributed by atoms with Crippen LogP contribution in [0.4, 0.5) is 5.95 Å². The topological polar surface area (TPSA) is 97.2 Å². The van der Waals surface area contributed by atoms with Crippen molar-refractivity contribution in [3.63, 3.8) is 0 Å². The van der Waals surface area contributed by atoms with Gasteiger partial charge in [-0.3, -0.25) is 4.79 Å². The lowest BCUT2D eigenvalue weighted by molar-refractivity contribution is -0.147. The van der Waals surface area contributed by atoms with Crippen LogP contribution in [0.5, 0.6) is 6.01 Å². The second-order valence-electron chi connectivity index (χ2n) is 3.99. The molecular weight excluding hydrogens is 260 g/mol. The van der Waals surface area contributed by atoms with Crippen molar-refractivity contribution < 1.29 is 14.6 Å². The van der Waals surface area contributed by atoms with Crippen molar-refractivity contribution >= 4 is 23.5 Å². The molecule has 0 aromatic carbocycles. The molecule has 0 aliphatic carbocycles. The molecule has 0 aliphatic heterocycles. The molecule has 0 fully saturated rings. The Morgan fingerprint density at radius 2 is 2.17 bits per heavy atom. The highest BCUT2D eigenvalue weighted by Crippen LogP contribution is 2.22. The molecule has 100 valence electrons. The van der Waals surface area contributed by atoms with E-state index in [9.17, 15) is 4.79 Å². The number of anilines is 1. The van der Waals surface area contributed by atoms with Crippen LogP contribution in [0.2, 0.25) is 5.28 Å². The van der Waals surface area contributed by atoms with Crippen LogP contribution in [0, 0.1) is 5.41 Å². The highest BCUT2D eigenvalue weighted by atomic mass is 35.5. The Morgan fingerprint density at radius 3 is 2.67 bits per heavy atom. The number of nitrogens with zero attached hydrogens (tertiary/aromatic N) is 3. The summed E-state index contributed by atoms with van der Waals surface area (Å²) in [5.74, 6) is -0.697. The quantitative estimate of drug-likeness (QED) is 0.810. The van der Waals surface area contributed by atoms with Gasteiger partial charge in [-0.15, -0.1) is 0 Å². The maximum atomic E-state index is 11.1. The number of hydrogen-bond acceptors (Lipinski definition) is 6. The number of nitrogens with one attached hydrogen (secondary N) is 1. The van der Waals surface area contributed by atoms with E-state index in [1.807, 2.05) is 0 Å². The van der Waals surface area contributed by atoms with Gasteiger partial charge in [0.1, 0.15) is 0 Å². The van der Waals surface area contributed by atoms with Crippen LogP contribution < -0.4 is 10.1 Å². The molecule has 1 aromatic heterocycles. The van der Waals surface area contributed by atoms with E-state index < -0.39 is 11.4 Å². The van der Waals surface area contributed by atoms with E-state index in [1.165, 1.54) is 7.11 Å². The average Bonchev–Trinajstić information content (AvgIpc) is 2.35. The molecule has 0 bridgehead atoms. The number of ether oxygens (including phenoxy) is 1. The van der Waals surface area contributed by atoms with Gasteiger partial charge in [0.15, 0.2) is 0 Å². The van der Waals surface area contributed by atoms with Crippen molar-refractivity contribution in [2.24, 2.45) is 5.41 Å². The van der Waals surface area contributed by atoms with Gasteiger partial charge in [0.05, 0.1) is 12.5 Å². The van der Waals surface area contributed by atoms with E-state index in [0.29, 0.717) is 6.42 Å². The smallest absolute Gasteiger partial charge is 0.322 e. The van der Waals surface area contributed by atoms with Crippen LogP contribution in [-0.2, 0) is 4.79 Å². The molecule has 0 saturated carbocycles. The number of halogens is 1. The maximum Gasteiger partial charge on any atom is 0.322 e. The highest BCUT2D eigenvalue weighted by molar-refractivity contribution is 6.28. The van der Waals surface area contributed by atoms with Gasteiger partial charge in [-0.05, 0) is 24.9 Å². The molecule has 2 N–H and O–H groups in total. The normalized spacial score (nSPS) is 13.8. The summed E-state index contributed by atoms with van der Waals surface area (Å²) >= 11 is 5.68. The Balaban J connectivity index is 2.79. The molecular formula is C10H15ClN4O3. The first kappa shape index (κ1) is 14.4. The number of carboxylic acid groups (broad SMARTS) is 1. The predicted molar refractivity (Wildman–Crippen MR) is 65.9 cm³/mol. The Bertz CT molecular complexity index is 443. The third-order valence-corrected chi connectivity index (χ3v) is 2.87. The van der Waals surface area contributed by atoms with Gasteiger partial charge in [-0.25, -0.2) is 0 Å². The molecule has 0 saturated heterocycles. The highest BCUT2D eigenvalue weighted by Gasteiger charge is 2.31. The van der Waals surface area contributed by atoms with Crippen molar-refractivity contribution in [1.29, 1.82) is 0 Å². The number of hydrogen-bond donors (Lipinski definition) is 2. The number of carbonyl (C=O) groups is 1. The van der Waals surface area contributed by atoms with Gasteiger partial charge in [0.2, 0.25) is 11.2 Å². The Morgan fingerprint density at radius 1 is 1.50 bits per heavy atom. The average molecular weight is 275 g/mol. The fourth-order valence-corrected chi connectivity index (χ4v) is 1.28. The summed E-state index contributed by atoms with van der Waals surface area (Å²) < 4.78 is 4.84. The van der Waals surface area contributed by atoms with Gasteiger partial charge < -0.3 is 15.2 Å². The molecule has 0 amide bonds. The predicted octanol–water partition coefficient (Wildman–Crippen LogP) is 1.45. The van der Waals surface area contributed by atoms with Gasteiger partial charge in [0, 0.05) is 6.54 Å². The van der Waals surface area contributed by atoms with Crippen molar-refractivity contribution in [2.75, 3.05) is 19.0 Å². The second kappa shape index (κ2) is 5.81. The summed E-state index contributed by atoms with van der Waals surface area (Å²) in [5, 5.41) is 11.9. The van der Waals surface area contributed by atoms with Crippen molar-refractivity contribution in [1.82, 2.24) is 15.0 Å². The lowest BCUT2D eigenvalue weighted by Crippen LogP contribution is -2.34. The summed E-state index contributed by atoms with van der Waals surface area (Å²) in [7, 11) is 1.41. The Hall–Kier alpha value is -1.63. The molecule has 7 nitrogen and oxygen atoms in total. The van der Waals surface area contributed by atoms with Crippen LogP contribution in [0.3, 0.4) is 0 Å². The largest absolute Gasteiger partial charge is 0.481 e. The molecule has 1 rings (SSSR count). The minimum absolute atomic E-state index is 0.0159. The standard InChI is InChI=1S/C10H15ClN4O3/c1-4-10(2,6(16)17)5-12-8-13-7(11)14-9(15-8)18-3/h4-5H2,1-3H3,(H,16,17)(H,12,13,14,15). The van der Waals surface area contributed by atoms with Crippen molar-refractivity contribution in [2.45, 2.75) is 20.3 Å². The summed E-state index contributed by atoms with van der Waals surface area (Å²) in [6, 6.07) is 0.0750. The lowest BCUT2D eigenvalue weighted by atomic mass is 9.88. The van der Waals surface area contributed by atoms with Crippen molar-refractivity contribution in [3.8, 4) is 6.01 Å². The molecule has 1 unspecified atom stereocenters. The lowest BCUT2D eigenvalue weighted by Gasteiger charge is -2.23. The number of carboxylic acids is 1. The number of rotatable bonds is 6. The minimum Gasteiger partial charge on any atom is -0.481 e. The Labute approximate surface area is 110 Å². The maximum absolute atomic E-state index is 11.1. The molecule has 1 heterocycles. The number of aliphatic carboxylic acids is 1. The first-order valence-electron chi connectivity index (χ1n) is 5.34. The van der Waals surface area contributed by atoms with Gasteiger partial charge >= 0.3 is 12.0 Å². The van der Waals surface area contributed by atoms with Crippen LogP contribution in [0.15, 0.2) is 0 Å². The van der Waals surface area contributed by atoms with Crippen LogP contribution in [0.25, 0.3) is 0 Å². The summed E-state index contributed by atoms with van der Waals surface area (Å²) in [4.78, 5) is 22.6. The first-order valence-corrected chi connectivity index (χ1v) is 5.72. The van der Waals surface area contributed by atoms with E-state index >= 15 is 0 Å². The Kier molecular flexibility index (Phi) is 4.66. The summed E-state index contributed by atoms with van der Waals surface area (Å²) in [6.07, 6.45) is 0.477. The monoisotopic (exact) mass is 274 g/mol. The van der Waals surface area contributed by atoms with E-state index in [2.05, 4.69) is 20.3 Å². The fourth-order valence-electron chi connectivity index (χ4n) is 1.13. The van der Waals surface area contributed by atoms with Crippen LogP contribution >= 0.6 is 11.6 Å². The van der Waals surface area contributed by atoms with Crippen LogP contribution in [0.1, 0.15) is 20.3 Å². The van der Waals surface area contributed by atoms with E-state index in [-0.39, 0.29) is 23.8 Å². The van der Waals surface area contributed by atoms with E-state index in [0.717, 1.165) is 0 Å². The molecule has 0 aliphatic rings. The zero-order valence-electron chi connectivity index (χ0n) is 10.4. The number of methoxy groups -OCH3 is 1. The summed E-state index contributed by atoms with van der Waals surface area (Å²) in [6.45, 7) is 3.63. The third kappa shape index (κ3) is 3.43. The zero-order valence-corrected chi connectivity index (χ0v) is 11.2. The molecule has 0 spiro atoms. The SMILES string of the molecule is CCC(C)(CNc1nc(Cl)nc(OC)n1)C(=O)O. The molecule has 1 aromatic rings.